The molecule has 1 aliphatic rings. The van der Waals surface area contributed by atoms with Gasteiger partial charge in [-0.1, -0.05) is 12.1 Å². The number of rotatable bonds is 4. The summed E-state index contributed by atoms with van der Waals surface area (Å²) in [6.07, 6.45) is 3.20. The Hall–Kier alpha value is -2.70. The molecule has 2 atom stereocenters. The third-order valence-corrected chi connectivity index (χ3v) is 4.14. The summed E-state index contributed by atoms with van der Waals surface area (Å²) in [6.45, 7) is 0. The minimum Gasteiger partial charge on any atom is -0.481 e. The lowest BCUT2D eigenvalue weighted by Gasteiger charge is -2.11. The van der Waals surface area contributed by atoms with Crippen molar-refractivity contribution in [1.82, 2.24) is 14.8 Å². The summed E-state index contributed by atoms with van der Waals surface area (Å²) in [5.74, 6) is -0.999. The van der Waals surface area contributed by atoms with E-state index in [1.54, 1.807) is 24.1 Å². The van der Waals surface area contributed by atoms with Crippen molar-refractivity contribution in [3.63, 3.8) is 0 Å². The van der Waals surface area contributed by atoms with Crippen molar-refractivity contribution in [2.45, 2.75) is 19.3 Å². The number of nitrogens with zero attached hydrogens (tertiary/aromatic N) is 3. The summed E-state index contributed by atoms with van der Waals surface area (Å²) in [6, 6.07) is 7.32. The number of aromatic nitrogens is 3. The van der Waals surface area contributed by atoms with Gasteiger partial charge in [-0.3, -0.25) is 14.3 Å². The predicted octanol–water partition coefficient (Wildman–Crippen LogP) is 1.92. The van der Waals surface area contributed by atoms with Crippen molar-refractivity contribution in [3.8, 4) is 11.4 Å². The lowest BCUT2D eigenvalue weighted by molar-refractivity contribution is -0.141. The lowest BCUT2D eigenvalue weighted by Crippen LogP contribution is -2.21. The Bertz CT molecular complexity index is 740. The zero-order valence-corrected chi connectivity index (χ0v) is 12.8. The molecule has 120 valence electrons. The summed E-state index contributed by atoms with van der Waals surface area (Å²) in [5, 5.41) is 16.1. The van der Waals surface area contributed by atoms with Gasteiger partial charge in [0, 0.05) is 24.2 Å². The zero-order chi connectivity index (χ0) is 16.4. The van der Waals surface area contributed by atoms with Crippen LogP contribution in [0.2, 0.25) is 0 Å². The Kier molecular flexibility index (Phi) is 4.10. The van der Waals surface area contributed by atoms with E-state index < -0.39 is 11.9 Å². The molecule has 0 saturated heterocycles. The highest BCUT2D eigenvalue weighted by atomic mass is 16.4. The van der Waals surface area contributed by atoms with Crippen LogP contribution in [-0.2, 0) is 16.6 Å². The van der Waals surface area contributed by atoms with Crippen LogP contribution in [0.1, 0.15) is 19.3 Å². The molecule has 3 rings (SSSR count). The van der Waals surface area contributed by atoms with Crippen LogP contribution in [0.4, 0.5) is 5.69 Å². The second-order valence-corrected chi connectivity index (χ2v) is 5.86. The van der Waals surface area contributed by atoms with Crippen LogP contribution in [0.5, 0.6) is 0 Å². The number of aliphatic carboxylic acids is 1. The highest BCUT2D eigenvalue weighted by Gasteiger charge is 2.33. The Morgan fingerprint density at radius 1 is 1.30 bits per heavy atom. The Morgan fingerprint density at radius 2 is 2.09 bits per heavy atom. The van der Waals surface area contributed by atoms with Gasteiger partial charge in [0.1, 0.15) is 6.33 Å². The third-order valence-electron chi connectivity index (χ3n) is 4.14. The Morgan fingerprint density at radius 3 is 2.74 bits per heavy atom. The molecule has 1 saturated carbocycles. The minimum absolute atomic E-state index is 0.125. The van der Waals surface area contributed by atoms with E-state index in [0.717, 1.165) is 5.56 Å². The number of carboxylic acid groups (broad SMARTS) is 1. The highest BCUT2D eigenvalue weighted by Crippen LogP contribution is 2.32. The van der Waals surface area contributed by atoms with Crippen LogP contribution in [0.3, 0.4) is 0 Å². The SMILES string of the molecule is Cn1cnc(-c2cccc(NC(=O)[C@@H]3CC[C@H](C(=O)O)C3)c2)n1. The van der Waals surface area contributed by atoms with Crippen molar-refractivity contribution >= 4 is 17.6 Å². The molecule has 0 unspecified atom stereocenters. The van der Waals surface area contributed by atoms with Crippen LogP contribution < -0.4 is 5.32 Å². The molecule has 1 heterocycles. The first-order valence-electron chi connectivity index (χ1n) is 7.52. The average Bonchev–Trinajstić information content (AvgIpc) is 3.16. The second kappa shape index (κ2) is 6.20. The number of aryl methyl sites for hydroxylation is 1. The molecule has 7 nitrogen and oxygen atoms in total. The van der Waals surface area contributed by atoms with E-state index in [1.165, 1.54) is 0 Å². The molecule has 1 fully saturated rings. The van der Waals surface area contributed by atoms with E-state index in [0.29, 0.717) is 30.8 Å². The molecule has 1 aromatic carbocycles. The number of carbonyl (C=O) groups is 2. The van der Waals surface area contributed by atoms with Crippen LogP contribution in [0.25, 0.3) is 11.4 Å². The van der Waals surface area contributed by atoms with Crippen molar-refractivity contribution < 1.29 is 14.7 Å². The van der Waals surface area contributed by atoms with Gasteiger partial charge in [0.15, 0.2) is 5.82 Å². The molecule has 0 bridgehead atoms. The smallest absolute Gasteiger partial charge is 0.306 e. The molecule has 0 radical (unpaired) electrons. The van der Waals surface area contributed by atoms with Crippen LogP contribution in [0.15, 0.2) is 30.6 Å². The van der Waals surface area contributed by atoms with E-state index in [1.807, 2.05) is 18.2 Å². The maximum absolute atomic E-state index is 12.3. The van der Waals surface area contributed by atoms with E-state index >= 15 is 0 Å². The van der Waals surface area contributed by atoms with Crippen molar-refractivity contribution in [1.29, 1.82) is 0 Å². The van der Waals surface area contributed by atoms with Gasteiger partial charge < -0.3 is 10.4 Å². The fourth-order valence-corrected chi connectivity index (χ4v) is 2.90. The number of hydrogen-bond acceptors (Lipinski definition) is 4. The number of anilines is 1. The monoisotopic (exact) mass is 314 g/mol. The maximum atomic E-state index is 12.3. The molecule has 1 aromatic heterocycles. The molecule has 1 amide bonds. The predicted molar refractivity (Wildman–Crippen MR) is 83.5 cm³/mol. The number of carboxylic acids is 1. The molecule has 0 spiro atoms. The van der Waals surface area contributed by atoms with Gasteiger partial charge in [0.2, 0.25) is 5.91 Å². The summed E-state index contributed by atoms with van der Waals surface area (Å²) in [5.41, 5.74) is 1.48. The third kappa shape index (κ3) is 3.39. The largest absolute Gasteiger partial charge is 0.481 e. The number of benzene rings is 1. The van der Waals surface area contributed by atoms with Crippen LogP contribution in [0, 0.1) is 11.8 Å². The zero-order valence-electron chi connectivity index (χ0n) is 12.8. The lowest BCUT2D eigenvalue weighted by atomic mass is 10.0. The van der Waals surface area contributed by atoms with Gasteiger partial charge in [0.25, 0.3) is 0 Å². The Balaban J connectivity index is 1.69. The number of nitrogens with one attached hydrogen (secondary N) is 1. The van der Waals surface area contributed by atoms with E-state index in [9.17, 15) is 9.59 Å². The fourth-order valence-electron chi connectivity index (χ4n) is 2.90. The molecule has 2 N–H and O–H groups in total. The summed E-state index contributed by atoms with van der Waals surface area (Å²) >= 11 is 0. The Labute approximate surface area is 133 Å². The molecule has 2 aromatic rings. The first kappa shape index (κ1) is 15.2. The van der Waals surface area contributed by atoms with E-state index in [4.69, 9.17) is 5.11 Å². The highest BCUT2D eigenvalue weighted by molar-refractivity contribution is 5.93. The van der Waals surface area contributed by atoms with Crippen molar-refractivity contribution in [3.05, 3.63) is 30.6 Å². The first-order valence-corrected chi connectivity index (χ1v) is 7.52. The summed E-state index contributed by atoms with van der Waals surface area (Å²) in [7, 11) is 1.79. The minimum atomic E-state index is -0.816. The first-order chi connectivity index (χ1) is 11.0. The number of amides is 1. The van der Waals surface area contributed by atoms with Crippen LogP contribution >= 0.6 is 0 Å². The van der Waals surface area contributed by atoms with Gasteiger partial charge in [-0.25, -0.2) is 4.98 Å². The fraction of sp³-hybridized carbons (Fsp3) is 0.375. The molecular weight excluding hydrogens is 296 g/mol. The van der Waals surface area contributed by atoms with Crippen LogP contribution in [-0.4, -0.2) is 31.7 Å². The molecule has 1 aliphatic carbocycles. The second-order valence-electron chi connectivity index (χ2n) is 5.86. The van der Waals surface area contributed by atoms with Crippen molar-refractivity contribution in [2.75, 3.05) is 5.32 Å². The van der Waals surface area contributed by atoms with Gasteiger partial charge >= 0.3 is 5.97 Å². The van der Waals surface area contributed by atoms with Gasteiger partial charge in [0.05, 0.1) is 5.92 Å². The number of carbonyl (C=O) groups excluding carboxylic acids is 1. The van der Waals surface area contributed by atoms with E-state index in [-0.39, 0.29) is 11.8 Å². The molecule has 0 aliphatic heterocycles. The van der Waals surface area contributed by atoms with Gasteiger partial charge in [-0.15, -0.1) is 0 Å². The van der Waals surface area contributed by atoms with Gasteiger partial charge in [-0.05, 0) is 31.4 Å². The quantitative estimate of drug-likeness (QED) is 0.898. The number of hydrogen-bond donors (Lipinski definition) is 2. The van der Waals surface area contributed by atoms with Crippen molar-refractivity contribution in [2.24, 2.45) is 18.9 Å². The maximum Gasteiger partial charge on any atom is 0.306 e. The molecular formula is C16H18N4O3. The van der Waals surface area contributed by atoms with Gasteiger partial charge in [-0.2, -0.15) is 5.10 Å². The summed E-state index contributed by atoms with van der Waals surface area (Å²) < 4.78 is 1.62. The van der Waals surface area contributed by atoms with E-state index in [2.05, 4.69) is 15.4 Å². The molecule has 7 heteroatoms. The standard InChI is InChI=1S/C16H18N4O3/c1-20-9-17-14(19-20)10-3-2-4-13(8-10)18-15(21)11-5-6-12(7-11)16(22)23/h2-4,8-9,11-12H,5-7H2,1H3,(H,18,21)(H,22,23)/t11-,12+/m1/s1. The normalized spacial score (nSPS) is 20.4. The molecule has 23 heavy (non-hydrogen) atoms. The topological polar surface area (TPSA) is 97.1 Å². The summed E-state index contributed by atoms with van der Waals surface area (Å²) in [4.78, 5) is 27.5. The average molecular weight is 314 g/mol.